The maximum atomic E-state index is 4.33. The van der Waals surface area contributed by atoms with E-state index in [1.807, 2.05) is 24.4 Å². The molecule has 0 saturated carbocycles. The molecule has 0 unspecified atom stereocenters. The first-order chi connectivity index (χ1) is 13.4. The summed E-state index contributed by atoms with van der Waals surface area (Å²) in [5.74, 6) is 0. The molecule has 0 spiro atoms. The highest BCUT2D eigenvalue weighted by Crippen LogP contribution is 2.30. The summed E-state index contributed by atoms with van der Waals surface area (Å²) >= 11 is 0. The molecule has 1 aliphatic heterocycles. The van der Waals surface area contributed by atoms with Gasteiger partial charge in [0.05, 0.1) is 17.1 Å². The molecule has 4 rings (SSSR count). The highest BCUT2D eigenvalue weighted by atomic mass is 79.9. The van der Waals surface area contributed by atoms with E-state index in [9.17, 15) is 0 Å². The van der Waals surface area contributed by atoms with Gasteiger partial charge in [-0.3, -0.25) is 4.98 Å². The zero-order valence-corrected chi connectivity index (χ0v) is 17.7. The molecule has 5 heteroatoms. The Kier molecular flexibility index (Phi) is 7.46. The maximum Gasteiger partial charge on any atom is 0.0608 e. The number of nitrogens with zero attached hydrogens (tertiary/aromatic N) is 1. The molecule has 2 heterocycles. The number of para-hydroxylation sites is 1. The van der Waals surface area contributed by atoms with Crippen LogP contribution in [0.3, 0.4) is 0 Å². The molecule has 0 amide bonds. The lowest BCUT2D eigenvalue weighted by Gasteiger charge is -2.22. The SMILES string of the molecule is Br.c1ccc(CNCc2ccc(CNc3cccc4c3NCCC4)cc2)nc1. The molecule has 0 saturated heterocycles. The van der Waals surface area contributed by atoms with Crippen LogP contribution in [0.2, 0.25) is 0 Å². The largest absolute Gasteiger partial charge is 0.383 e. The minimum atomic E-state index is 0. The summed E-state index contributed by atoms with van der Waals surface area (Å²) in [6.07, 6.45) is 4.21. The Morgan fingerprint density at radius 3 is 2.46 bits per heavy atom. The minimum absolute atomic E-state index is 0. The van der Waals surface area contributed by atoms with Crippen molar-refractivity contribution in [1.29, 1.82) is 0 Å². The number of benzene rings is 2. The summed E-state index contributed by atoms with van der Waals surface area (Å²) in [5.41, 5.74) is 7.54. The predicted octanol–water partition coefficient (Wildman–Crippen LogP) is 4.92. The fourth-order valence-electron chi connectivity index (χ4n) is 3.47. The first kappa shape index (κ1) is 20.4. The van der Waals surface area contributed by atoms with Gasteiger partial charge in [-0.2, -0.15) is 0 Å². The molecule has 0 fully saturated rings. The Hall–Kier alpha value is -2.37. The highest BCUT2D eigenvalue weighted by Gasteiger charge is 2.11. The predicted molar refractivity (Wildman–Crippen MR) is 122 cm³/mol. The second kappa shape index (κ2) is 10.2. The third-order valence-corrected chi connectivity index (χ3v) is 4.94. The van der Waals surface area contributed by atoms with Crippen molar-refractivity contribution >= 4 is 28.4 Å². The molecule has 146 valence electrons. The van der Waals surface area contributed by atoms with Crippen molar-refractivity contribution in [3.8, 4) is 0 Å². The Balaban J connectivity index is 0.00000225. The van der Waals surface area contributed by atoms with Gasteiger partial charge in [0, 0.05) is 32.4 Å². The molecule has 0 radical (unpaired) electrons. The van der Waals surface area contributed by atoms with Crippen LogP contribution >= 0.6 is 17.0 Å². The van der Waals surface area contributed by atoms with Crippen LogP contribution in [-0.2, 0) is 26.1 Å². The highest BCUT2D eigenvalue weighted by molar-refractivity contribution is 8.93. The summed E-state index contributed by atoms with van der Waals surface area (Å²) in [6, 6.07) is 21.3. The smallest absolute Gasteiger partial charge is 0.0608 e. The zero-order valence-electron chi connectivity index (χ0n) is 15.9. The number of hydrogen-bond acceptors (Lipinski definition) is 4. The lowest BCUT2D eigenvalue weighted by molar-refractivity contribution is 0.679. The van der Waals surface area contributed by atoms with Gasteiger partial charge >= 0.3 is 0 Å². The third kappa shape index (κ3) is 5.33. The number of rotatable bonds is 7. The van der Waals surface area contributed by atoms with E-state index in [1.165, 1.54) is 34.5 Å². The molecule has 2 aromatic carbocycles. The van der Waals surface area contributed by atoms with Crippen LogP contribution in [0.1, 0.15) is 28.8 Å². The number of hydrogen-bond donors (Lipinski definition) is 3. The summed E-state index contributed by atoms with van der Waals surface area (Å²) in [7, 11) is 0. The summed E-state index contributed by atoms with van der Waals surface area (Å²) < 4.78 is 0. The average Bonchev–Trinajstić information content (AvgIpc) is 2.74. The molecule has 1 aromatic heterocycles. The molecule has 3 aromatic rings. The van der Waals surface area contributed by atoms with E-state index >= 15 is 0 Å². The van der Waals surface area contributed by atoms with Gasteiger partial charge in [-0.1, -0.05) is 42.5 Å². The average molecular weight is 439 g/mol. The Morgan fingerprint density at radius 1 is 0.857 bits per heavy atom. The van der Waals surface area contributed by atoms with Gasteiger partial charge in [0.25, 0.3) is 0 Å². The maximum absolute atomic E-state index is 4.33. The first-order valence-electron chi connectivity index (χ1n) is 9.66. The third-order valence-electron chi connectivity index (χ3n) is 4.94. The van der Waals surface area contributed by atoms with Crippen molar-refractivity contribution in [2.75, 3.05) is 17.2 Å². The quantitative estimate of drug-likeness (QED) is 0.489. The normalized spacial score (nSPS) is 12.4. The van der Waals surface area contributed by atoms with Gasteiger partial charge in [0.15, 0.2) is 0 Å². The Bertz CT molecular complexity index is 866. The number of pyridine rings is 1. The first-order valence-corrected chi connectivity index (χ1v) is 9.66. The van der Waals surface area contributed by atoms with Crippen LogP contribution in [0.25, 0.3) is 0 Å². The van der Waals surface area contributed by atoms with E-state index in [4.69, 9.17) is 0 Å². The van der Waals surface area contributed by atoms with Gasteiger partial charge in [-0.15, -0.1) is 17.0 Å². The molecular formula is C23H27BrN4. The van der Waals surface area contributed by atoms with Crippen molar-refractivity contribution < 1.29 is 0 Å². The number of halogens is 1. The van der Waals surface area contributed by atoms with E-state index in [2.05, 4.69) is 63.4 Å². The number of fused-ring (bicyclic) bond motifs is 1. The van der Waals surface area contributed by atoms with Gasteiger partial charge in [0.1, 0.15) is 0 Å². The second-order valence-corrected chi connectivity index (χ2v) is 6.96. The Labute approximate surface area is 177 Å². The van der Waals surface area contributed by atoms with Crippen LogP contribution in [-0.4, -0.2) is 11.5 Å². The Morgan fingerprint density at radius 2 is 1.68 bits per heavy atom. The molecular weight excluding hydrogens is 412 g/mol. The molecule has 1 aliphatic rings. The van der Waals surface area contributed by atoms with Gasteiger partial charge in [0.2, 0.25) is 0 Å². The standard InChI is InChI=1S/C23H26N4.BrH/c1-2-13-25-21(7-1)17-24-15-18-9-11-19(12-10-18)16-27-22-8-3-5-20-6-4-14-26-23(20)22;/h1-3,5,7-13,24,26-27H,4,6,14-17H2;1H. The van der Waals surface area contributed by atoms with E-state index in [-0.39, 0.29) is 17.0 Å². The van der Waals surface area contributed by atoms with Crippen LogP contribution in [0.15, 0.2) is 66.9 Å². The fourth-order valence-corrected chi connectivity index (χ4v) is 3.47. The lowest BCUT2D eigenvalue weighted by atomic mass is 10.0. The van der Waals surface area contributed by atoms with Crippen molar-refractivity contribution in [3.63, 3.8) is 0 Å². The van der Waals surface area contributed by atoms with E-state index in [0.717, 1.165) is 38.3 Å². The lowest BCUT2D eigenvalue weighted by Crippen LogP contribution is -2.14. The van der Waals surface area contributed by atoms with E-state index < -0.39 is 0 Å². The van der Waals surface area contributed by atoms with Crippen molar-refractivity contribution in [2.24, 2.45) is 0 Å². The number of anilines is 2. The molecule has 4 nitrogen and oxygen atoms in total. The topological polar surface area (TPSA) is 49.0 Å². The van der Waals surface area contributed by atoms with Crippen LogP contribution in [0, 0.1) is 0 Å². The van der Waals surface area contributed by atoms with Gasteiger partial charge < -0.3 is 16.0 Å². The molecule has 0 aliphatic carbocycles. The van der Waals surface area contributed by atoms with Crippen LogP contribution < -0.4 is 16.0 Å². The molecule has 28 heavy (non-hydrogen) atoms. The molecule has 0 atom stereocenters. The summed E-state index contributed by atoms with van der Waals surface area (Å²) in [5, 5.41) is 10.6. The van der Waals surface area contributed by atoms with Crippen molar-refractivity contribution in [1.82, 2.24) is 10.3 Å². The zero-order chi connectivity index (χ0) is 18.3. The number of nitrogens with one attached hydrogen (secondary N) is 3. The minimum Gasteiger partial charge on any atom is -0.383 e. The van der Waals surface area contributed by atoms with Crippen LogP contribution in [0.5, 0.6) is 0 Å². The fraction of sp³-hybridized carbons (Fsp3) is 0.261. The van der Waals surface area contributed by atoms with Gasteiger partial charge in [-0.05, 0) is 47.7 Å². The van der Waals surface area contributed by atoms with Crippen LogP contribution in [0.4, 0.5) is 11.4 Å². The summed E-state index contributed by atoms with van der Waals surface area (Å²) in [4.78, 5) is 4.33. The van der Waals surface area contributed by atoms with Crippen molar-refractivity contribution in [2.45, 2.75) is 32.5 Å². The van der Waals surface area contributed by atoms with Crippen molar-refractivity contribution in [3.05, 3.63) is 89.2 Å². The molecule has 3 N–H and O–H groups in total. The number of aryl methyl sites for hydroxylation is 1. The number of aromatic nitrogens is 1. The van der Waals surface area contributed by atoms with Gasteiger partial charge in [-0.25, -0.2) is 0 Å². The molecule has 0 bridgehead atoms. The van der Waals surface area contributed by atoms with E-state index in [1.54, 1.807) is 0 Å². The monoisotopic (exact) mass is 438 g/mol. The van der Waals surface area contributed by atoms with E-state index in [0.29, 0.717) is 0 Å². The summed E-state index contributed by atoms with van der Waals surface area (Å²) in [6.45, 7) is 3.53. The second-order valence-electron chi connectivity index (χ2n) is 6.96.